The number of carboxylic acid groups (broad SMARTS) is 1. The Morgan fingerprint density at radius 3 is 2.68 bits per heavy atom. The Hall–Kier alpha value is -2.37. The summed E-state index contributed by atoms with van der Waals surface area (Å²) in [7, 11) is 0. The van der Waals surface area contributed by atoms with E-state index in [-0.39, 0.29) is 6.42 Å². The second kappa shape index (κ2) is 4.08. The number of hydrogen-bond acceptors (Lipinski definition) is 3. The van der Waals surface area contributed by atoms with E-state index in [4.69, 9.17) is 5.11 Å². The molecule has 6 heteroatoms. The molecule has 2 heterocycles. The zero-order valence-corrected chi connectivity index (χ0v) is 10.1. The third-order valence-corrected chi connectivity index (χ3v) is 3.56. The van der Waals surface area contributed by atoms with Gasteiger partial charge in [0.05, 0.1) is 6.42 Å². The molecule has 19 heavy (non-hydrogen) atoms. The summed E-state index contributed by atoms with van der Waals surface area (Å²) < 4.78 is 0. The fraction of sp³-hybridized carbons (Fsp3) is 0.308. The smallest absolute Gasteiger partial charge is 0.332 e. The molecular formula is C13H12N2O4. The number of carboxylic acids is 1. The lowest BCUT2D eigenvalue weighted by atomic mass is 10.0. The van der Waals surface area contributed by atoms with Gasteiger partial charge in [-0.05, 0) is 18.1 Å². The van der Waals surface area contributed by atoms with E-state index in [1.165, 1.54) is 4.90 Å². The summed E-state index contributed by atoms with van der Waals surface area (Å²) >= 11 is 0. The number of anilines is 1. The fourth-order valence-electron chi connectivity index (χ4n) is 2.52. The van der Waals surface area contributed by atoms with Gasteiger partial charge >= 0.3 is 12.0 Å². The highest BCUT2D eigenvalue weighted by molar-refractivity contribution is 6.11. The maximum Gasteiger partial charge on any atom is 0.332 e. The maximum absolute atomic E-state index is 12.3. The monoisotopic (exact) mass is 260 g/mol. The summed E-state index contributed by atoms with van der Waals surface area (Å²) in [6, 6.07) is 5.88. The summed E-state index contributed by atoms with van der Waals surface area (Å²) in [6.07, 6.45) is 0.623. The van der Waals surface area contributed by atoms with Crippen LogP contribution in [0.15, 0.2) is 24.3 Å². The van der Waals surface area contributed by atoms with Crippen molar-refractivity contribution in [2.45, 2.75) is 18.9 Å². The third-order valence-electron chi connectivity index (χ3n) is 3.56. The van der Waals surface area contributed by atoms with Crippen molar-refractivity contribution >= 4 is 23.6 Å². The summed E-state index contributed by atoms with van der Waals surface area (Å²) in [5.41, 5.74) is 1.80. The maximum atomic E-state index is 12.3. The zero-order valence-electron chi connectivity index (χ0n) is 10.1. The van der Waals surface area contributed by atoms with Crippen molar-refractivity contribution in [2.75, 3.05) is 11.4 Å². The lowest BCUT2D eigenvalue weighted by molar-refractivity contribution is -0.157. The minimum absolute atomic E-state index is 0.101. The topological polar surface area (TPSA) is 77.9 Å². The molecule has 0 spiro atoms. The molecule has 0 aliphatic carbocycles. The van der Waals surface area contributed by atoms with E-state index in [1.807, 2.05) is 18.2 Å². The highest BCUT2D eigenvalue weighted by Gasteiger charge is 2.47. The predicted molar refractivity (Wildman–Crippen MR) is 65.8 cm³/mol. The van der Waals surface area contributed by atoms with Crippen LogP contribution in [0.4, 0.5) is 10.5 Å². The Bertz CT molecular complexity index is 584. The number of imide groups is 1. The van der Waals surface area contributed by atoms with Gasteiger partial charge in [-0.3, -0.25) is 9.69 Å². The van der Waals surface area contributed by atoms with Crippen LogP contribution < -0.4 is 4.90 Å². The first-order valence-electron chi connectivity index (χ1n) is 6.04. The number of carbonyl (C=O) groups excluding carboxylic acids is 2. The molecule has 6 nitrogen and oxygen atoms in total. The molecule has 1 atom stereocenters. The standard InChI is InChI=1S/C13H12N2O4/c16-11-7-10(12(17)18)15(11)13(19)14-6-5-8-3-1-2-4-9(8)14/h1-4,10H,5-7H2,(H,17,18). The summed E-state index contributed by atoms with van der Waals surface area (Å²) in [6.45, 7) is 0.480. The number of aliphatic carboxylic acids is 1. The minimum Gasteiger partial charge on any atom is -0.480 e. The highest BCUT2D eigenvalue weighted by atomic mass is 16.4. The van der Waals surface area contributed by atoms with E-state index < -0.39 is 23.9 Å². The quantitative estimate of drug-likeness (QED) is 0.759. The van der Waals surface area contributed by atoms with Crippen LogP contribution in [0.3, 0.4) is 0 Å². The van der Waals surface area contributed by atoms with Gasteiger partial charge in [0, 0.05) is 12.2 Å². The number of urea groups is 1. The Kier molecular flexibility index (Phi) is 2.51. The molecule has 3 rings (SSSR count). The van der Waals surface area contributed by atoms with Crippen molar-refractivity contribution in [3.63, 3.8) is 0 Å². The molecule has 1 aromatic carbocycles. The van der Waals surface area contributed by atoms with Crippen molar-refractivity contribution in [1.82, 2.24) is 4.90 Å². The van der Waals surface area contributed by atoms with E-state index in [0.717, 1.165) is 22.6 Å². The van der Waals surface area contributed by atoms with Crippen LogP contribution in [0.2, 0.25) is 0 Å². The van der Waals surface area contributed by atoms with Gasteiger partial charge in [0.25, 0.3) is 0 Å². The molecule has 0 aromatic heterocycles. The summed E-state index contributed by atoms with van der Waals surface area (Å²) in [4.78, 5) is 37.0. The predicted octanol–water partition coefficient (Wildman–Crippen LogP) is 0.855. The average Bonchev–Trinajstić information content (AvgIpc) is 2.79. The molecule has 0 radical (unpaired) electrons. The van der Waals surface area contributed by atoms with E-state index >= 15 is 0 Å². The molecule has 1 aromatic rings. The van der Waals surface area contributed by atoms with Crippen LogP contribution in [-0.2, 0) is 16.0 Å². The van der Waals surface area contributed by atoms with Gasteiger partial charge in [-0.1, -0.05) is 18.2 Å². The zero-order chi connectivity index (χ0) is 13.6. The number of likely N-dealkylation sites (tertiary alicyclic amines) is 1. The second-order valence-corrected chi connectivity index (χ2v) is 4.63. The molecule has 1 N–H and O–H groups in total. The van der Waals surface area contributed by atoms with Crippen LogP contribution in [0.25, 0.3) is 0 Å². The fourth-order valence-corrected chi connectivity index (χ4v) is 2.52. The number of hydrogen-bond donors (Lipinski definition) is 1. The Morgan fingerprint density at radius 1 is 1.26 bits per heavy atom. The van der Waals surface area contributed by atoms with Gasteiger partial charge in [0.1, 0.15) is 6.04 Å². The van der Waals surface area contributed by atoms with Crippen molar-refractivity contribution in [1.29, 1.82) is 0 Å². The van der Waals surface area contributed by atoms with E-state index in [1.54, 1.807) is 6.07 Å². The van der Waals surface area contributed by atoms with Crippen LogP contribution >= 0.6 is 0 Å². The molecule has 0 saturated carbocycles. The van der Waals surface area contributed by atoms with Gasteiger partial charge in [-0.15, -0.1) is 0 Å². The minimum atomic E-state index is -1.14. The van der Waals surface area contributed by atoms with Crippen LogP contribution in [0.1, 0.15) is 12.0 Å². The SMILES string of the molecule is O=C(O)C1CC(=O)N1C(=O)N1CCc2ccccc21. The van der Waals surface area contributed by atoms with Crippen LogP contribution in [0, 0.1) is 0 Å². The summed E-state index contributed by atoms with van der Waals surface area (Å²) in [5, 5.41) is 8.94. The molecular weight excluding hydrogens is 248 g/mol. The molecule has 98 valence electrons. The van der Waals surface area contributed by atoms with E-state index in [0.29, 0.717) is 6.54 Å². The normalized spacial score (nSPS) is 21.1. The first kappa shape index (κ1) is 11.7. The number of rotatable bonds is 1. The largest absolute Gasteiger partial charge is 0.480 e. The average molecular weight is 260 g/mol. The molecule has 1 unspecified atom stereocenters. The molecule has 3 amide bonds. The van der Waals surface area contributed by atoms with Gasteiger partial charge in [-0.25, -0.2) is 14.5 Å². The first-order chi connectivity index (χ1) is 9.09. The molecule has 1 saturated heterocycles. The number of para-hydroxylation sites is 1. The van der Waals surface area contributed by atoms with Crippen molar-refractivity contribution in [3.05, 3.63) is 29.8 Å². The molecule has 0 bridgehead atoms. The van der Waals surface area contributed by atoms with Gasteiger partial charge in [-0.2, -0.15) is 0 Å². The Morgan fingerprint density at radius 2 is 2.00 bits per heavy atom. The Balaban J connectivity index is 1.86. The van der Waals surface area contributed by atoms with Gasteiger partial charge < -0.3 is 5.11 Å². The number of β-lactam (4-membered cyclic amide) rings is 1. The molecule has 2 aliphatic heterocycles. The van der Waals surface area contributed by atoms with Crippen molar-refractivity contribution in [3.8, 4) is 0 Å². The van der Waals surface area contributed by atoms with Gasteiger partial charge in [0.15, 0.2) is 0 Å². The number of nitrogens with zero attached hydrogens (tertiary/aromatic N) is 2. The van der Waals surface area contributed by atoms with Crippen molar-refractivity contribution < 1.29 is 19.5 Å². The lowest BCUT2D eigenvalue weighted by Gasteiger charge is -2.37. The van der Waals surface area contributed by atoms with E-state index in [2.05, 4.69) is 0 Å². The number of benzene rings is 1. The number of fused-ring (bicyclic) bond motifs is 1. The summed E-state index contributed by atoms with van der Waals surface area (Å²) in [5.74, 6) is -1.57. The second-order valence-electron chi connectivity index (χ2n) is 4.63. The molecule has 2 aliphatic rings. The van der Waals surface area contributed by atoms with Crippen LogP contribution in [0.5, 0.6) is 0 Å². The first-order valence-corrected chi connectivity index (χ1v) is 6.04. The third kappa shape index (κ3) is 1.68. The highest BCUT2D eigenvalue weighted by Crippen LogP contribution is 2.31. The lowest BCUT2D eigenvalue weighted by Crippen LogP contribution is -2.62. The Labute approximate surface area is 109 Å². The number of carbonyl (C=O) groups is 3. The van der Waals surface area contributed by atoms with E-state index in [9.17, 15) is 14.4 Å². The van der Waals surface area contributed by atoms with Gasteiger partial charge in [0.2, 0.25) is 5.91 Å². The molecule has 1 fully saturated rings. The van der Waals surface area contributed by atoms with Crippen LogP contribution in [-0.4, -0.2) is 40.5 Å². The number of amides is 3. The van der Waals surface area contributed by atoms with Crippen molar-refractivity contribution in [2.24, 2.45) is 0 Å².